The number of halogens is 1. The van der Waals surface area contributed by atoms with E-state index in [4.69, 9.17) is 16.0 Å². The monoisotopic (exact) mass is 353 g/mol. The summed E-state index contributed by atoms with van der Waals surface area (Å²) in [5.41, 5.74) is 0.477. The number of carbonyl (C=O) groups is 1. The molecule has 1 saturated heterocycles. The molecule has 1 aromatic heterocycles. The van der Waals surface area contributed by atoms with E-state index in [0.29, 0.717) is 22.8 Å². The first-order valence-corrected chi connectivity index (χ1v) is 9.44. The molecule has 3 rings (SSSR count). The summed E-state index contributed by atoms with van der Waals surface area (Å²) in [6.45, 7) is 0.245. The Morgan fingerprint density at radius 1 is 1.26 bits per heavy atom. The maximum Gasteiger partial charge on any atom is 0.254 e. The Morgan fingerprint density at radius 2 is 2.00 bits per heavy atom. The first-order valence-electron chi connectivity index (χ1n) is 7.24. The van der Waals surface area contributed by atoms with Crippen molar-refractivity contribution in [3.63, 3.8) is 0 Å². The summed E-state index contributed by atoms with van der Waals surface area (Å²) in [7, 11) is -3.09. The van der Waals surface area contributed by atoms with E-state index in [0.717, 1.165) is 0 Å². The van der Waals surface area contributed by atoms with Gasteiger partial charge in [-0.2, -0.15) is 0 Å². The highest BCUT2D eigenvalue weighted by molar-refractivity contribution is 7.91. The van der Waals surface area contributed by atoms with Crippen LogP contribution in [0.15, 0.2) is 47.1 Å². The summed E-state index contributed by atoms with van der Waals surface area (Å²) >= 11 is 5.86. The maximum absolute atomic E-state index is 12.8. The lowest BCUT2D eigenvalue weighted by atomic mass is 10.1. The number of carbonyl (C=O) groups excluding carboxylic acids is 1. The molecule has 2 heterocycles. The summed E-state index contributed by atoms with van der Waals surface area (Å²) in [5.74, 6) is 0.504. The van der Waals surface area contributed by atoms with Gasteiger partial charge in [0.25, 0.3) is 5.91 Å². The molecular weight excluding hydrogens is 338 g/mol. The van der Waals surface area contributed by atoms with Gasteiger partial charge in [0.1, 0.15) is 5.76 Å². The second-order valence-corrected chi connectivity index (χ2v) is 8.24. The van der Waals surface area contributed by atoms with Gasteiger partial charge in [-0.25, -0.2) is 8.42 Å². The number of amides is 1. The molecule has 1 amide bonds. The Kier molecular flexibility index (Phi) is 4.46. The number of nitrogens with zero attached hydrogens (tertiary/aromatic N) is 1. The Balaban J connectivity index is 1.88. The van der Waals surface area contributed by atoms with Gasteiger partial charge in [-0.15, -0.1) is 0 Å². The number of rotatable bonds is 4. The fourth-order valence-electron chi connectivity index (χ4n) is 2.72. The number of sulfone groups is 1. The van der Waals surface area contributed by atoms with E-state index in [9.17, 15) is 13.2 Å². The Morgan fingerprint density at radius 3 is 2.57 bits per heavy atom. The molecular formula is C16H16ClNO4S. The van der Waals surface area contributed by atoms with Gasteiger partial charge in [-0.1, -0.05) is 11.6 Å². The average Bonchev–Trinajstić information content (AvgIpc) is 3.14. The molecule has 1 aromatic carbocycles. The van der Waals surface area contributed by atoms with Crippen LogP contribution in [-0.4, -0.2) is 36.8 Å². The van der Waals surface area contributed by atoms with Crippen LogP contribution in [0, 0.1) is 0 Å². The SMILES string of the molecule is O=C(c1ccc(Cl)cc1)N(Cc1ccco1)[C@H]1CCS(=O)(=O)C1. The van der Waals surface area contributed by atoms with Gasteiger partial charge < -0.3 is 9.32 Å². The standard InChI is InChI=1S/C16H16ClNO4S/c17-13-5-3-12(4-6-13)16(19)18(10-15-2-1-8-22-15)14-7-9-23(20,21)11-14/h1-6,8,14H,7,9-11H2/t14-/m0/s1. The van der Waals surface area contributed by atoms with Crippen molar-refractivity contribution in [3.8, 4) is 0 Å². The van der Waals surface area contributed by atoms with E-state index in [1.165, 1.54) is 6.26 Å². The van der Waals surface area contributed by atoms with Gasteiger partial charge in [-0.05, 0) is 42.8 Å². The lowest BCUT2D eigenvalue weighted by molar-refractivity contribution is 0.0666. The largest absolute Gasteiger partial charge is 0.467 e. The van der Waals surface area contributed by atoms with Crippen molar-refractivity contribution in [2.24, 2.45) is 0 Å². The second-order valence-electron chi connectivity index (χ2n) is 5.58. The van der Waals surface area contributed by atoms with Crippen molar-refractivity contribution in [2.75, 3.05) is 11.5 Å². The molecule has 0 N–H and O–H groups in total. The van der Waals surface area contributed by atoms with Crippen molar-refractivity contribution in [3.05, 3.63) is 59.0 Å². The third-order valence-electron chi connectivity index (χ3n) is 3.91. The van der Waals surface area contributed by atoms with E-state index in [2.05, 4.69) is 0 Å². The van der Waals surface area contributed by atoms with Gasteiger partial charge in [0, 0.05) is 16.6 Å². The molecule has 0 saturated carbocycles. The van der Waals surface area contributed by atoms with Crippen LogP contribution >= 0.6 is 11.6 Å². The third-order valence-corrected chi connectivity index (χ3v) is 5.91. The molecule has 122 valence electrons. The number of furan rings is 1. The van der Waals surface area contributed by atoms with Crippen LogP contribution in [0.4, 0.5) is 0 Å². The second kappa shape index (κ2) is 6.37. The van der Waals surface area contributed by atoms with Crippen LogP contribution in [-0.2, 0) is 16.4 Å². The van der Waals surface area contributed by atoms with E-state index >= 15 is 0 Å². The lowest BCUT2D eigenvalue weighted by Gasteiger charge is -2.27. The molecule has 1 aliphatic rings. The molecule has 0 aliphatic carbocycles. The molecule has 7 heteroatoms. The van der Waals surface area contributed by atoms with Crippen molar-refractivity contribution in [1.82, 2.24) is 4.90 Å². The molecule has 1 atom stereocenters. The van der Waals surface area contributed by atoms with E-state index in [-0.39, 0.29) is 30.0 Å². The minimum absolute atomic E-state index is 0.00691. The third kappa shape index (κ3) is 3.76. The van der Waals surface area contributed by atoms with E-state index in [1.807, 2.05) is 0 Å². The van der Waals surface area contributed by atoms with Crippen LogP contribution in [0.3, 0.4) is 0 Å². The zero-order chi connectivity index (χ0) is 16.4. The smallest absolute Gasteiger partial charge is 0.254 e. The first kappa shape index (κ1) is 16.1. The molecule has 0 spiro atoms. The molecule has 0 bridgehead atoms. The summed E-state index contributed by atoms with van der Waals surface area (Å²) < 4.78 is 28.9. The highest BCUT2D eigenvalue weighted by Gasteiger charge is 2.35. The van der Waals surface area contributed by atoms with Crippen LogP contribution in [0.25, 0.3) is 0 Å². The summed E-state index contributed by atoms with van der Waals surface area (Å²) in [6, 6.07) is 9.74. The van der Waals surface area contributed by atoms with Gasteiger partial charge in [0.15, 0.2) is 9.84 Å². The number of hydrogen-bond donors (Lipinski definition) is 0. The Bertz CT molecular complexity index is 784. The van der Waals surface area contributed by atoms with Crippen LogP contribution < -0.4 is 0 Å². The zero-order valence-corrected chi connectivity index (χ0v) is 13.9. The summed E-state index contributed by atoms with van der Waals surface area (Å²) in [5, 5.41) is 0.544. The summed E-state index contributed by atoms with van der Waals surface area (Å²) in [6.07, 6.45) is 1.98. The van der Waals surface area contributed by atoms with Crippen LogP contribution in [0.5, 0.6) is 0 Å². The van der Waals surface area contributed by atoms with Gasteiger partial charge in [0.05, 0.1) is 24.3 Å². The van der Waals surface area contributed by atoms with Crippen LogP contribution in [0.2, 0.25) is 5.02 Å². The topological polar surface area (TPSA) is 67.6 Å². The van der Waals surface area contributed by atoms with Crippen LogP contribution in [0.1, 0.15) is 22.5 Å². The molecule has 2 aromatic rings. The minimum atomic E-state index is -3.09. The molecule has 1 aliphatic heterocycles. The number of benzene rings is 1. The highest BCUT2D eigenvalue weighted by atomic mass is 35.5. The van der Waals surface area contributed by atoms with Gasteiger partial charge in [-0.3, -0.25) is 4.79 Å². The first-order chi connectivity index (χ1) is 10.9. The summed E-state index contributed by atoms with van der Waals surface area (Å²) in [4.78, 5) is 14.4. The van der Waals surface area contributed by atoms with Gasteiger partial charge >= 0.3 is 0 Å². The van der Waals surface area contributed by atoms with E-state index < -0.39 is 9.84 Å². The predicted octanol–water partition coefficient (Wildman–Crippen LogP) is 2.76. The van der Waals surface area contributed by atoms with Crippen molar-refractivity contribution in [2.45, 2.75) is 19.0 Å². The predicted molar refractivity (Wildman–Crippen MR) is 87.1 cm³/mol. The normalized spacial score (nSPS) is 19.6. The minimum Gasteiger partial charge on any atom is -0.467 e. The quantitative estimate of drug-likeness (QED) is 0.847. The Labute approximate surface area is 139 Å². The van der Waals surface area contributed by atoms with Crippen molar-refractivity contribution < 1.29 is 17.6 Å². The zero-order valence-electron chi connectivity index (χ0n) is 12.3. The highest BCUT2D eigenvalue weighted by Crippen LogP contribution is 2.23. The molecule has 1 fully saturated rings. The van der Waals surface area contributed by atoms with Crippen molar-refractivity contribution >= 4 is 27.3 Å². The fraction of sp³-hybridized carbons (Fsp3) is 0.312. The number of hydrogen-bond acceptors (Lipinski definition) is 4. The van der Waals surface area contributed by atoms with Crippen molar-refractivity contribution in [1.29, 1.82) is 0 Å². The Hall–Kier alpha value is -1.79. The van der Waals surface area contributed by atoms with Gasteiger partial charge in [0.2, 0.25) is 0 Å². The van der Waals surface area contributed by atoms with E-state index in [1.54, 1.807) is 41.3 Å². The molecule has 0 radical (unpaired) electrons. The molecule has 5 nitrogen and oxygen atoms in total. The average molecular weight is 354 g/mol. The molecule has 23 heavy (non-hydrogen) atoms. The fourth-order valence-corrected chi connectivity index (χ4v) is 4.57. The lowest BCUT2D eigenvalue weighted by Crippen LogP contribution is -2.40. The molecule has 0 unspecified atom stereocenters. The maximum atomic E-state index is 12.8.